The van der Waals surface area contributed by atoms with E-state index >= 15 is 0 Å². The average molecular weight is 428 g/mol. The lowest BCUT2D eigenvalue weighted by atomic mass is 10.1. The smallest absolute Gasteiger partial charge is 0.251 e. The van der Waals surface area contributed by atoms with E-state index in [1.165, 1.54) is 0 Å². The summed E-state index contributed by atoms with van der Waals surface area (Å²) in [5, 5.41) is 1.05. The first-order valence-corrected chi connectivity index (χ1v) is 10.7. The lowest BCUT2D eigenvalue weighted by Gasteiger charge is -2.36. The molecule has 5 rings (SSSR count). The van der Waals surface area contributed by atoms with Gasteiger partial charge in [0.15, 0.2) is 0 Å². The van der Waals surface area contributed by atoms with Gasteiger partial charge in [0.05, 0.1) is 19.2 Å². The van der Waals surface area contributed by atoms with Crippen molar-refractivity contribution in [3.8, 4) is 5.75 Å². The second-order valence-corrected chi connectivity index (χ2v) is 7.88. The van der Waals surface area contributed by atoms with E-state index in [4.69, 9.17) is 4.74 Å². The van der Waals surface area contributed by atoms with Crippen LogP contribution in [-0.4, -0.2) is 47.8 Å². The molecule has 0 spiro atoms. The summed E-state index contributed by atoms with van der Waals surface area (Å²) in [4.78, 5) is 25.9. The van der Waals surface area contributed by atoms with Gasteiger partial charge in [-0.05, 0) is 41.3 Å². The molecule has 0 aliphatic carbocycles. The van der Waals surface area contributed by atoms with Crippen LogP contribution in [0.15, 0.2) is 77.9 Å². The van der Waals surface area contributed by atoms with Gasteiger partial charge in [0, 0.05) is 56.4 Å². The van der Waals surface area contributed by atoms with Crippen molar-refractivity contribution in [3.63, 3.8) is 0 Å². The summed E-state index contributed by atoms with van der Waals surface area (Å²) in [5.74, 6) is 1.56. The zero-order valence-corrected chi connectivity index (χ0v) is 18.0. The van der Waals surface area contributed by atoms with Crippen LogP contribution >= 0.6 is 0 Å². The first kappa shape index (κ1) is 20.1. The average Bonchev–Trinajstić information content (AvgIpc) is 2.86. The minimum atomic E-state index is -0.00968. The summed E-state index contributed by atoms with van der Waals surface area (Å²) in [6.07, 6.45) is 3.55. The fourth-order valence-corrected chi connectivity index (χ4v) is 4.24. The molecular formula is C25H25N5O2. The van der Waals surface area contributed by atoms with Gasteiger partial charge in [0.25, 0.3) is 5.56 Å². The number of pyridine rings is 1. The Bertz CT molecular complexity index is 1280. The van der Waals surface area contributed by atoms with E-state index in [2.05, 4.69) is 31.9 Å². The van der Waals surface area contributed by atoms with E-state index < -0.39 is 0 Å². The van der Waals surface area contributed by atoms with Crippen molar-refractivity contribution in [1.29, 1.82) is 0 Å². The summed E-state index contributed by atoms with van der Waals surface area (Å²) < 4.78 is 7.41. The predicted molar refractivity (Wildman–Crippen MR) is 127 cm³/mol. The Kier molecular flexibility index (Phi) is 5.46. The Labute approximate surface area is 186 Å². The van der Waals surface area contributed by atoms with E-state index in [-0.39, 0.29) is 5.56 Å². The lowest BCUT2D eigenvalue weighted by Crippen LogP contribution is -2.47. The Balaban J connectivity index is 1.41. The highest BCUT2D eigenvalue weighted by Gasteiger charge is 2.20. The van der Waals surface area contributed by atoms with Gasteiger partial charge >= 0.3 is 0 Å². The van der Waals surface area contributed by atoms with E-state index in [0.29, 0.717) is 6.54 Å². The minimum absolute atomic E-state index is 0.00968. The zero-order valence-electron chi connectivity index (χ0n) is 18.0. The number of rotatable bonds is 5. The number of hydrogen-bond acceptors (Lipinski definition) is 6. The largest absolute Gasteiger partial charge is 0.497 e. The van der Waals surface area contributed by atoms with Gasteiger partial charge in [-0.25, -0.2) is 9.97 Å². The fourth-order valence-electron chi connectivity index (χ4n) is 4.24. The highest BCUT2D eigenvalue weighted by molar-refractivity contribution is 5.78. The summed E-state index contributed by atoms with van der Waals surface area (Å²) in [7, 11) is 1.68. The van der Waals surface area contributed by atoms with Crippen LogP contribution in [0.25, 0.3) is 10.9 Å². The number of hydrogen-bond donors (Lipinski definition) is 0. The second kappa shape index (κ2) is 8.70. The van der Waals surface area contributed by atoms with Crippen molar-refractivity contribution in [3.05, 3.63) is 89.0 Å². The summed E-state index contributed by atoms with van der Waals surface area (Å²) in [6.45, 7) is 3.90. The number of fused-ring (bicyclic) bond motifs is 1. The molecule has 1 saturated heterocycles. The summed E-state index contributed by atoms with van der Waals surface area (Å²) in [6, 6.07) is 19.5. The molecule has 7 nitrogen and oxygen atoms in total. The monoisotopic (exact) mass is 427 g/mol. The molecule has 1 aliphatic rings. The zero-order chi connectivity index (χ0) is 21.9. The number of aromatic nitrogens is 3. The number of para-hydroxylation sites is 1. The first-order chi connectivity index (χ1) is 15.7. The normalized spacial score (nSPS) is 14.0. The van der Waals surface area contributed by atoms with Gasteiger partial charge in [-0.15, -0.1) is 0 Å². The van der Waals surface area contributed by atoms with Crippen molar-refractivity contribution in [1.82, 2.24) is 14.5 Å². The highest BCUT2D eigenvalue weighted by atomic mass is 16.5. The van der Waals surface area contributed by atoms with Crippen LogP contribution in [-0.2, 0) is 6.54 Å². The third-order valence-corrected chi connectivity index (χ3v) is 5.91. The number of nitrogens with zero attached hydrogens (tertiary/aromatic N) is 5. The van der Waals surface area contributed by atoms with Crippen molar-refractivity contribution in [2.24, 2.45) is 0 Å². The van der Waals surface area contributed by atoms with E-state index in [1.807, 2.05) is 47.0 Å². The molecular weight excluding hydrogens is 402 g/mol. The molecule has 4 aromatic rings. The highest BCUT2D eigenvalue weighted by Crippen LogP contribution is 2.26. The maximum atomic E-state index is 12.7. The molecule has 32 heavy (non-hydrogen) atoms. The molecule has 0 atom stereocenters. The number of benzene rings is 2. The third kappa shape index (κ3) is 4.01. The molecule has 2 aromatic carbocycles. The third-order valence-electron chi connectivity index (χ3n) is 5.91. The van der Waals surface area contributed by atoms with Crippen molar-refractivity contribution < 1.29 is 4.74 Å². The molecule has 0 radical (unpaired) electrons. The van der Waals surface area contributed by atoms with Crippen molar-refractivity contribution >= 4 is 22.5 Å². The molecule has 2 aromatic heterocycles. The molecule has 7 heteroatoms. The number of anilines is 2. The topological polar surface area (TPSA) is 63.5 Å². The lowest BCUT2D eigenvalue weighted by molar-refractivity contribution is 0.414. The van der Waals surface area contributed by atoms with Crippen LogP contribution in [0.3, 0.4) is 0 Å². The van der Waals surface area contributed by atoms with Gasteiger partial charge in [-0.1, -0.05) is 18.2 Å². The minimum Gasteiger partial charge on any atom is -0.497 e. The summed E-state index contributed by atoms with van der Waals surface area (Å²) in [5.41, 5.74) is 3.05. The van der Waals surface area contributed by atoms with Crippen LogP contribution in [0.4, 0.5) is 11.6 Å². The van der Waals surface area contributed by atoms with Crippen LogP contribution in [0, 0.1) is 0 Å². The SMILES string of the molecule is COc1cc(Cn2c(=O)ccc3ccccc32)cc(N2CCN(c3ncccn3)CC2)c1. The fraction of sp³-hybridized carbons (Fsp3) is 0.240. The van der Waals surface area contributed by atoms with Crippen LogP contribution in [0.1, 0.15) is 5.56 Å². The maximum absolute atomic E-state index is 12.7. The molecule has 1 aliphatic heterocycles. The quantitative estimate of drug-likeness (QED) is 0.488. The predicted octanol–water partition coefficient (Wildman–Crippen LogP) is 3.18. The van der Waals surface area contributed by atoms with E-state index in [9.17, 15) is 4.79 Å². The molecule has 3 heterocycles. The number of ether oxygens (including phenoxy) is 1. The first-order valence-electron chi connectivity index (χ1n) is 10.7. The van der Waals surface area contributed by atoms with E-state index in [1.54, 1.807) is 25.6 Å². The van der Waals surface area contributed by atoms with Gasteiger partial charge < -0.3 is 19.1 Å². The molecule has 162 valence electrons. The Morgan fingerprint density at radius 2 is 1.62 bits per heavy atom. The van der Waals surface area contributed by atoms with Gasteiger partial charge in [-0.2, -0.15) is 0 Å². The maximum Gasteiger partial charge on any atom is 0.251 e. The second-order valence-electron chi connectivity index (χ2n) is 7.88. The Hall–Kier alpha value is -3.87. The van der Waals surface area contributed by atoms with Crippen LogP contribution < -0.4 is 20.1 Å². The molecule has 0 N–H and O–H groups in total. The Morgan fingerprint density at radius 1 is 0.875 bits per heavy atom. The van der Waals surface area contributed by atoms with Crippen molar-refractivity contribution in [2.45, 2.75) is 6.54 Å². The number of methoxy groups -OCH3 is 1. The standard InChI is InChI=1S/C25H25N5O2/c1-32-22-16-19(18-30-23-6-3-2-5-20(23)7-8-24(30)31)15-21(17-22)28-11-13-29(14-12-28)25-26-9-4-10-27-25/h2-10,15-17H,11-14,18H2,1H3. The number of piperazine rings is 1. The van der Waals surface area contributed by atoms with Gasteiger partial charge in [0.1, 0.15) is 5.75 Å². The molecule has 1 fully saturated rings. The van der Waals surface area contributed by atoms with Gasteiger partial charge in [0.2, 0.25) is 5.95 Å². The molecule has 0 amide bonds. The van der Waals surface area contributed by atoms with Crippen LogP contribution in [0.5, 0.6) is 5.75 Å². The Morgan fingerprint density at radius 3 is 2.41 bits per heavy atom. The molecule has 0 saturated carbocycles. The summed E-state index contributed by atoms with van der Waals surface area (Å²) >= 11 is 0. The van der Waals surface area contributed by atoms with Gasteiger partial charge in [-0.3, -0.25) is 4.79 Å². The van der Waals surface area contributed by atoms with Crippen molar-refractivity contribution in [2.75, 3.05) is 43.1 Å². The van der Waals surface area contributed by atoms with Crippen LogP contribution in [0.2, 0.25) is 0 Å². The van der Waals surface area contributed by atoms with E-state index in [0.717, 1.165) is 60.0 Å². The molecule has 0 bridgehead atoms. The molecule has 0 unspecified atom stereocenters.